The lowest BCUT2D eigenvalue weighted by Crippen LogP contribution is -2.63. The van der Waals surface area contributed by atoms with E-state index in [1.165, 1.54) is 22.4 Å². The third-order valence-electron chi connectivity index (χ3n) is 12.9. The van der Waals surface area contributed by atoms with Crippen molar-refractivity contribution < 1.29 is 23.5 Å². The Bertz CT molecular complexity index is 3290. The topological polar surface area (TPSA) is 219 Å². The summed E-state index contributed by atoms with van der Waals surface area (Å²) in [5.74, 6) is 6.98. The predicted octanol–water partition coefficient (Wildman–Crippen LogP) is 4.85. The first-order chi connectivity index (χ1) is 34.0. The number of aromatic nitrogens is 8. The van der Waals surface area contributed by atoms with Crippen LogP contribution >= 0.6 is 0 Å². The third kappa shape index (κ3) is 9.09. The Morgan fingerprint density at radius 1 is 0.857 bits per heavy atom. The number of fused-ring (bicyclic) bond motifs is 1. The van der Waals surface area contributed by atoms with Crippen molar-refractivity contribution in [2.24, 2.45) is 12.5 Å². The fourth-order valence-corrected chi connectivity index (χ4v) is 9.52. The lowest BCUT2D eigenvalue weighted by atomic mass is 9.73. The van der Waals surface area contributed by atoms with Crippen molar-refractivity contribution in [2.45, 2.75) is 38.3 Å². The Labute approximate surface area is 400 Å². The largest absolute Gasteiger partial charge is 0.494 e. The zero-order chi connectivity index (χ0) is 48.5. The maximum Gasteiger partial charge on any atom is 0.329 e. The molecule has 5 aromatic heterocycles. The number of halogens is 1. The molecule has 1 unspecified atom stereocenters. The number of imidazole rings is 1. The third-order valence-corrected chi connectivity index (χ3v) is 12.9. The Balaban J connectivity index is 0.749. The highest BCUT2D eigenvalue weighted by atomic mass is 19.1. The van der Waals surface area contributed by atoms with Gasteiger partial charge in [-0.2, -0.15) is 0 Å². The number of anilines is 5. The number of nitrogens with one attached hydrogen (secondary N) is 4. The summed E-state index contributed by atoms with van der Waals surface area (Å²) in [4.78, 5) is 81.7. The standard InChI is InChI=1S/C50H47FN14O5/c1-52-46(67)35-25-54-42(19-37(35)59-36-7-4-6-34(44(36)70-3)45-55-23-33(51)24-56-45)60-41-14-11-32(22-53-41)26-63-17-5-16-50(27-63)28-64(29-50)48-57-20-31(21-58-48)9-8-30-10-12-38-40(18-30)62(2)49(69)65(38)39-13-15-43(66)61-47(39)68/h4,6-7,10-12,14,18-25,39H,5,13,15-17,26-29H2,1-3H3,(H,52,67)(H,61,66,68)(H2,53,54,59,60). The average molecular weight is 943 g/mol. The number of para-hydroxylation sites is 1. The molecule has 8 heterocycles. The maximum atomic E-state index is 13.6. The summed E-state index contributed by atoms with van der Waals surface area (Å²) in [5.41, 5.74) is 5.30. The minimum absolute atomic E-state index is 0.142. The molecular formula is C50H47FN14O5. The molecule has 3 saturated heterocycles. The maximum absolute atomic E-state index is 13.6. The van der Waals surface area contributed by atoms with Gasteiger partial charge in [-0.3, -0.25) is 33.7 Å². The first kappa shape index (κ1) is 45.2. The van der Waals surface area contributed by atoms with Crippen LogP contribution in [-0.2, 0) is 23.2 Å². The van der Waals surface area contributed by atoms with Crippen LogP contribution in [0.5, 0.6) is 5.75 Å². The molecule has 4 N–H and O–H groups in total. The molecule has 70 heavy (non-hydrogen) atoms. The van der Waals surface area contributed by atoms with E-state index in [1.807, 2.05) is 24.4 Å². The molecule has 20 heteroatoms. The zero-order valence-corrected chi connectivity index (χ0v) is 38.5. The van der Waals surface area contributed by atoms with Crippen LogP contribution in [0.25, 0.3) is 22.4 Å². The molecule has 2 aromatic carbocycles. The second-order valence-corrected chi connectivity index (χ2v) is 17.7. The number of pyridine rings is 2. The average Bonchev–Trinajstić information content (AvgIpc) is 3.60. The molecule has 354 valence electrons. The van der Waals surface area contributed by atoms with Crippen LogP contribution in [0.15, 0.2) is 96.6 Å². The van der Waals surface area contributed by atoms with Crippen LogP contribution in [-0.4, -0.2) is 102 Å². The second kappa shape index (κ2) is 18.8. The number of hydrogen-bond donors (Lipinski definition) is 4. The van der Waals surface area contributed by atoms with Gasteiger partial charge in [-0.05, 0) is 67.8 Å². The van der Waals surface area contributed by atoms with Gasteiger partial charge >= 0.3 is 5.69 Å². The van der Waals surface area contributed by atoms with E-state index in [4.69, 9.17) is 9.72 Å². The molecule has 19 nitrogen and oxygen atoms in total. The molecule has 0 radical (unpaired) electrons. The smallest absolute Gasteiger partial charge is 0.329 e. The Hall–Kier alpha value is -8.57. The Morgan fingerprint density at radius 2 is 1.64 bits per heavy atom. The summed E-state index contributed by atoms with van der Waals surface area (Å²) in [6, 6.07) is 15.7. The molecule has 3 aliphatic rings. The van der Waals surface area contributed by atoms with Crippen molar-refractivity contribution in [1.29, 1.82) is 0 Å². The normalized spacial score (nSPS) is 16.5. The number of hydrogen-bond acceptors (Lipinski definition) is 15. The number of carbonyl (C=O) groups is 3. The monoisotopic (exact) mass is 942 g/mol. The van der Waals surface area contributed by atoms with Crippen LogP contribution in [0.4, 0.5) is 33.3 Å². The summed E-state index contributed by atoms with van der Waals surface area (Å²) in [6.45, 7) is 4.40. The van der Waals surface area contributed by atoms with E-state index in [9.17, 15) is 23.6 Å². The lowest BCUT2D eigenvalue weighted by Gasteiger charge is -2.54. The lowest BCUT2D eigenvalue weighted by molar-refractivity contribution is -0.135. The van der Waals surface area contributed by atoms with Crippen LogP contribution in [0, 0.1) is 23.1 Å². The molecule has 10 rings (SSSR count). The summed E-state index contributed by atoms with van der Waals surface area (Å²) in [5, 5.41) is 11.6. The van der Waals surface area contributed by atoms with Crippen molar-refractivity contribution in [2.75, 3.05) is 55.9 Å². The molecule has 3 aliphatic heterocycles. The van der Waals surface area contributed by atoms with E-state index >= 15 is 0 Å². The highest BCUT2D eigenvalue weighted by molar-refractivity contribution is 6.01. The fraction of sp³-hybridized carbons (Fsp3) is 0.280. The number of imide groups is 1. The van der Waals surface area contributed by atoms with Crippen LogP contribution in [0.3, 0.4) is 0 Å². The number of benzene rings is 2. The quantitative estimate of drug-likeness (QED) is 0.101. The number of likely N-dealkylation sites (tertiary alicyclic amines) is 1. The van der Waals surface area contributed by atoms with Gasteiger partial charge in [-0.15, -0.1) is 0 Å². The van der Waals surface area contributed by atoms with Gasteiger partial charge in [0.25, 0.3) is 5.91 Å². The molecule has 0 bridgehead atoms. The van der Waals surface area contributed by atoms with E-state index in [-0.39, 0.29) is 41.6 Å². The second-order valence-electron chi connectivity index (χ2n) is 17.7. The number of nitrogens with zero attached hydrogens (tertiary/aromatic N) is 10. The van der Waals surface area contributed by atoms with Gasteiger partial charge in [-0.1, -0.05) is 24.0 Å². The van der Waals surface area contributed by atoms with Crippen molar-refractivity contribution >= 4 is 57.7 Å². The summed E-state index contributed by atoms with van der Waals surface area (Å²) >= 11 is 0. The molecule has 1 atom stereocenters. The summed E-state index contributed by atoms with van der Waals surface area (Å²) < 4.78 is 22.3. The van der Waals surface area contributed by atoms with Gasteiger partial charge in [0.15, 0.2) is 17.4 Å². The van der Waals surface area contributed by atoms with E-state index in [0.29, 0.717) is 68.0 Å². The van der Waals surface area contributed by atoms with Gasteiger partial charge in [0.2, 0.25) is 17.8 Å². The summed E-state index contributed by atoms with van der Waals surface area (Å²) in [6.07, 6.45) is 11.6. The molecule has 0 saturated carbocycles. The van der Waals surface area contributed by atoms with Crippen LogP contribution < -0.4 is 36.6 Å². The SMILES string of the molecule is CNC(=O)c1cnc(Nc2ccc(CN3CCCC4(C3)CN(c3ncc(C#Cc5ccc6c(c5)n(C)c(=O)n6C5CCC(=O)NC5=O)cn3)C4)cn2)cc1Nc1cccc(-c2ncc(F)cn2)c1OC. The number of carbonyl (C=O) groups excluding carboxylic acids is 3. The fourth-order valence-electron chi connectivity index (χ4n) is 9.52. The molecule has 3 fully saturated rings. The number of rotatable bonds is 11. The molecule has 1 spiro atoms. The van der Waals surface area contributed by atoms with Crippen LogP contribution in [0.1, 0.15) is 58.8 Å². The first-order valence-corrected chi connectivity index (χ1v) is 22.7. The summed E-state index contributed by atoms with van der Waals surface area (Å²) in [7, 11) is 4.71. The van der Waals surface area contributed by atoms with Crippen molar-refractivity contribution in [3.8, 4) is 29.0 Å². The van der Waals surface area contributed by atoms with Gasteiger partial charge in [0.1, 0.15) is 17.7 Å². The van der Waals surface area contributed by atoms with E-state index in [1.54, 1.807) is 56.8 Å². The highest BCUT2D eigenvalue weighted by Crippen LogP contribution is 2.41. The van der Waals surface area contributed by atoms with Crippen molar-refractivity contribution in [1.82, 2.24) is 54.6 Å². The van der Waals surface area contributed by atoms with Gasteiger partial charge in [0.05, 0.1) is 58.6 Å². The van der Waals surface area contributed by atoms with E-state index in [2.05, 4.69) is 73.9 Å². The Morgan fingerprint density at radius 3 is 2.39 bits per heavy atom. The minimum Gasteiger partial charge on any atom is -0.494 e. The zero-order valence-electron chi connectivity index (χ0n) is 38.5. The first-order valence-electron chi connectivity index (χ1n) is 22.7. The predicted molar refractivity (Wildman–Crippen MR) is 258 cm³/mol. The van der Waals surface area contributed by atoms with Gasteiger partial charge < -0.3 is 25.6 Å². The number of methoxy groups -OCH3 is 1. The van der Waals surface area contributed by atoms with Gasteiger partial charge in [0, 0.05) is 88.5 Å². The van der Waals surface area contributed by atoms with Crippen LogP contribution in [0.2, 0.25) is 0 Å². The van der Waals surface area contributed by atoms with E-state index < -0.39 is 17.8 Å². The highest BCUT2D eigenvalue weighted by Gasteiger charge is 2.46. The molecule has 0 aliphatic carbocycles. The molecule has 3 amide bonds. The number of amides is 3. The minimum atomic E-state index is -0.752. The van der Waals surface area contributed by atoms with E-state index in [0.717, 1.165) is 63.5 Å². The van der Waals surface area contributed by atoms with Crippen molar-refractivity contribution in [3.63, 3.8) is 0 Å². The van der Waals surface area contributed by atoms with Crippen molar-refractivity contribution in [3.05, 3.63) is 130 Å². The number of ether oxygens (including phenoxy) is 1. The number of aryl methyl sites for hydroxylation is 1. The van der Waals surface area contributed by atoms with Gasteiger partial charge in [-0.25, -0.2) is 39.1 Å². The number of piperidine rings is 2. The Kier molecular flexibility index (Phi) is 12.2. The molecular weight excluding hydrogens is 896 g/mol. The molecule has 7 aromatic rings.